The Morgan fingerprint density at radius 1 is 0.950 bits per heavy atom. The zero-order valence-corrected chi connectivity index (χ0v) is 25.9. The molecule has 0 radical (unpaired) electrons. The number of aryl methyl sites for hydroxylation is 2. The summed E-state index contributed by atoms with van der Waals surface area (Å²) in [7, 11) is 0. The SMILES string of the molecule is C=C(C1CCCCC1)N(CC1CCC(c2ccc(CC)c(C)n2)CC1)c1cc(C2=CCC(CC)=N2)ccn1.CC. The first-order valence-electron chi connectivity index (χ1n) is 16.2. The van der Waals surface area contributed by atoms with Crippen molar-refractivity contribution in [3.8, 4) is 0 Å². The molecule has 2 aromatic heterocycles. The topological polar surface area (TPSA) is 41.4 Å². The molecule has 4 heteroatoms. The number of pyridine rings is 2. The number of aromatic nitrogens is 2. The molecular formula is C36H52N4. The largest absolute Gasteiger partial charge is 0.330 e. The van der Waals surface area contributed by atoms with Crippen LogP contribution < -0.4 is 4.90 Å². The summed E-state index contributed by atoms with van der Waals surface area (Å²) in [4.78, 5) is 17.3. The van der Waals surface area contributed by atoms with E-state index in [-0.39, 0.29) is 0 Å². The van der Waals surface area contributed by atoms with Gasteiger partial charge in [-0.25, -0.2) is 4.98 Å². The Morgan fingerprint density at radius 2 is 1.70 bits per heavy atom. The fraction of sp³-hybridized carbons (Fsp3) is 0.583. The number of nitrogens with zero attached hydrogens (tertiary/aromatic N) is 4. The highest BCUT2D eigenvalue weighted by Crippen LogP contribution is 2.39. The van der Waals surface area contributed by atoms with E-state index < -0.39 is 0 Å². The molecule has 3 heterocycles. The van der Waals surface area contributed by atoms with Gasteiger partial charge in [-0.3, -0.25) is 9.98 Å². The predicted molar refractivity (Wildman–Crippen MR) is 172 cm³/mol. The first-order valence-corrected chi connectivity index (χ1v) is 16.2. The molecule has 0 bridgehead atoms. The number of hydrogen-bond donors (Lipinski definition) is 0. The summed E-state index contributed by atoms with van der Waals surface area (Å²) >= 11 is 0. The molecule has 5 rings (SSSR count). The van der Waals surface area contributed by atoms with Crippen LogP contribution in [-0.4, -0.2) is 22.2 Å². The fourth-order valence-electron chi connectivity index (χ4n) is 6.73. The van der Waals surface area contributed by atoms with Crippen molar-refractivity contribution in [1.82, 2.24) is 9.97 Å². The molecule has 0 amide bonds. The molecule has 0 N–H and O–H groups in total. The number of aliphatic imine (C=N–C) groups is 1. The Hall–Kier alpha value is -2.75. The van der Waals surface area contributed by atoms with Gasteiger partial charge in [-0.05, 0) is 93.9 Å². The van der Waals surface area contributed by atoms with Crippen LogP contribution in [0.5, 0.6) is 0 Å². The maximum atomic E-state index is 5.00. The van der Waals surface area contributed by atoms with E-state index in [1.165, 1.54) is 91.7 Å². The van der Waals surface area contributed by atoms with Gasteiger partial charge >= 0.3 is 0 Å². The Labute approximate surface area is 244 Å². The van der Waals surface area contributed by atoms with Crippen LogP contribution in [0.4, 0.5) is 5.82 Å². The van der Waals surface area contributed by atoms with Crippen molar-refractivity contribution in [2.45, 2.75) is 118 Å². The number of hydrogen-bond acceptors (Lipinski definition) is 4. The van der Waals surface area contributed by atoms with Gasteiger partial charge in [0.15, 0.2) is 0 Å². The molecule has 2 saturated carbocycles. The maximum Gasteiger partial charge on any atom is 0.133 e. The number of anilines is 1. The molecule has 1 aliphatic heterocycles. The fourth-order valence-corrected chi connectivity index (χ4v) is 6.73. The zero-order valence-electron chi connectivity index (χ0n) is 25.9. The number of allylic oxidation sites excluding steroid dienone is 2. The average Bonchev–Trinajstić information content (AvgIpc) is 3.51. The van der Waals surface area contributed by atoms with Crippen molar-refractivity contribution in [1.29, 1.82) is 0 Å². The Morgan fingerprint density at radius 3 is 2.35 bits per heavy atom. The molecule has 2 fully saturated rings. The van der Waals surface area contributed by atoms with Crippen LogP contribution in [0.1, 0.15) is 127 Å². The van der Waals surface area contributed by atoms with Crippen molar-refractivity contribution in [3.63, 3.8) is 0 Å². The summed E-state index contributed by atoms with van der Waals surface area (Å²) in [6.07, 6.45) is 18.7. The highest BCUT2D eigenvalue weighted by atomic mass is 15.2. The first kappa shape index (κ1) is 30.2. The Bertz CT molecular complexity index is 1180. The Kier molecular flexibility index (Phi) is 11.1. The molecule has 0 saturated heterocycles. The van der Waals surface area contributed by atoms with E-state index >= 15 is 0 Å². The van der Waals surface area contributed by atoms with Crippen molar-refractivity contribution in [2.75, 3.05) is 11.4 Å². The van der Waals surface area contributed by atoms with Crippen molar-refractivity contribution < 1.29 is 0 Å². The van der Waals surface area contributed by atoms with E-state index in [1.807, 2.05) is 20.0 Å². The van der Waals surface area contributed by atoms with E-state index in [2.05, 4.69) is 56.0 Å². The van der Waals surface area contributed by atoms with Gasteiger partial charge in [-0.1, -0.05) is 65.7 Å². The third kappa shape index (κ3) is 7.30. The standard InChI is InChI=1S/C34H46N4.C2H6/c1-5-27-16-18-32(36-24(27)3)29-14-12-26(13-15-29)23-38(25(4)28-10-8-7-9-11-28)34-22-30(20-21-35-34)33-19-17-31(6-2)37-33;1-2/h16,18-22,26,28-29H,4-15,17,23H2,1-3H3;1-2H3. The Balaban J connectivity index is 0.00000181. The maximum absolute atomic E-state index is 5.00. The second kappa shape index (κ2) is 14.8. The van der Waals surface area contributed by atoms with Crippen LogP contribution in [0.3, 0.4) is 0 Å². The lowest BCUT2D eigenvalue weighted by Gasteiger charge is -2.37. The van der Waals surface area contributed by atoms with Crippen molar-refractivity contribution >= 4 is 17.2 Å². The molecule has 40 heavy (non-hydrogen) atoms. The zero-order chi connectivity index (χ0) is 28.5. The van der Waals surface area contributed by atoms with Gasteiger partial charge in [0.25, 0.3) is 0 Å². The van der Waals surface area contributed by atoms with E-state index in [9.17, 15) is 0 Å². The molecular weight excluding hydrogens is 488 g/mol. The summed E-state index contributed by atoms with van der Waals surface area (Å²) in [6.45, 7) is 16.3. The monoisotopic (exact) mass is 540 g/mol. The lowest BCUT2D eigenvalue weighted by Crippen LogP contribution is -2.34. The van der Waals surface area contributed by atoms with Gasteiger partial charge in [-0.15, -0.1) is 0 Å². The van der Waals surface area contributed by atoms with Crippen LogP contribution in [0.2, 0.25) is 0 Å². The minimum absolute atomic E-state index is 0.574. The molecule has 2 aliphatic carbocycles. The second-order valence-corrected chi connectivity index (χ2v) is 11.7. The summed E-state index contributed by atoms with van der Waals surface area (Å²) in [5.74, 6) is 2.87. The summed E-state index contributed by atoms with van der Waals surface area (Å²) in [5, 5.41) is 0. The molecule has 0 spiro atoms. The van der Waals surface area contributed by atoms with Gasteiger partial charge < -0.3 is 4.90 Å². The molecule has 0 aromatic carbocycles. The quantitative estimate of drug-likeness (QED) is 0.318. The number of rotatable bonds is 9. The molecule has 3 aliphatic rings. The van der Waals surface area contributed by atoms with Gasteiger partial charge in [0, 0.05) is 53.4 Å². The minimum atomic E-state index is 0.574. The van der Waals surface area contributed by atoms with Gasteiger partial charge in [0.2, 0.25) is 0 Å². The lowest BCUT2D eigenvalue weighted by molar-refractivity contribution is 0.320. The van der Waals surface area contributed by atoms with Gasteiger partial charge in [0.05, 0.1) is 5.70 Å². The van der Waals surface area contributed by atoms with Crippen LogP contribution in [-0.2, 0) is 6.42 Å². The van der Waals surface area contributed by atoms with E-state index in [4.69, 9.17) is 21.5 Å². The highest BCUT2D eigenvalue weighted by Gasteiger charge is 2.29. The molecule has 216 valence electrons. The smallest absolute Gasteiger partial charge is 0.133 e. The van der Waals surface area contributed by atoms with E-state index in [0.717, 1.165) is 37.3 Å². The lowest BCUT2D eigenvalue weighted by atomic mass is 9.79. The minimum Gasteiger partial charge on any atom is -0.330 e. The normalized spacial score (nSPS) is 21.2. The summed E-state index contributed by atoms with van der Waals surface area (Å²) in [5.41, 5.74) is 8.72. The van der Waals surface area contributed by atoms with Gasteiger partial charge in [-0.2, -0.15) is 0 Å². The van der Waals surface area contributed by atoms with Crippen molar-refractivity contribution in [2.24, 2.45) is 16.8 Å². The first-order chi connectivity index (χ1) is 19.6. The predicted octanol–water partition coefficient (Wildman–Crippen LogP) is 9.84. The highest BCUT2D eigenvalue weighted by molar-refractivity contribution is 5.95. The third-order valence-electron chi connectivity index (χ3n) is 9.26. The molecule has 0 unspecified atom stereocenters. The second-order valence-electron chi connectivity index (χ2n) is 11.7. The van der Waals surface area contributed by atoms with E-state index in [1.54, 1.807) is 0 Å². The average molecular weight is 541 g/mol. The van der Waals surface area contributed by atoms with Crippen LogP contribution in [0.25, 0.3) is 5.70 Å². The van der Waals surface area contributed by atoms with Crippen LogP contribution >= 0.6 is 0 Å². The van der Waals surface area contributed by atoms with Gasteiger partial charge in [0.1, 0.15) is 5.82 Å². The van der Waals surface area contributed by atoms with Crippen LogP contribution in [0, 0.1) is 18.8 Å². The molecule has 4 nitrogen and oxygen atoms in total. The third-order valence-corrected chi connectivity index (χ3v) is 9.26. The molecule has 0 atom stereocenters. The van der Waals surface area contributed by atoms with Crippen molar-refractivity contribution in [3.05, 3.63) is 71.3 Å². The summed E-state index contributed by atoms with van der Waals surface area (Å²) in [6, 6.07) is 8.96. The molecule has 2 aromatic rings. The van der Waals surface area contributed by atoms with E-state index in [0.29, 0.717) is 17.8 Å². The van der Waals surface area contributed by atoms with Crippen LogP contribution in [0.15, 0.2) is 53.8 Å². The summed E-state index contributed by atoms with van der Waals surface area (Å²) < 4.78 is 0.